The molecule has 0 spiro atoms. The minimum absolute atomic E-state index is 0.151. The van der Waals surface area contributed by atoms with Gasteiger partial charge in [-0.15, -0.1) is 0 Å². The summed E-state index contributed by atoms with van der Waals surface area (Å²) in [4.78, 5) is 37.8. The lowest BCUT2D eigenvalue weighted by Crippen LogP contribution is -2.58. The number of carbonyl (C=O) groups excluding carboxylic acids is 3. The SMILES string of the molecule is CC(C)(C)[C@H](NCC(F)(F)F)C(=O)N[C@@H](CC1CC1)C(=O)N[C@H](C#N)C[C@@H]1CCCNC1=O. The van der Waals surface area contributed by atoms with Crippen molar-refractivity contribution in [3.63, 3.8) is 0 Å². The second kappa shape index (κ2) is 11.2. The molecule has 1 aliphatic heterocycles. The molecular formula is C22H34F3N5O3. The maximum atomic E-state index is 12.9. The van der Waals surface area contributed by atoms with E-state index in [0.29, 0.717) is 19.4 Å². The van der Waals surface area contributed by atoms with E-state index in [0.717, 1.165) is 19.3 Å². The van der Waals surface area contributed by atoms with Gasteiger partial charge in [-0.2, -0.15) is 18.4 Å². The Morgan fingerprint density at radius 1 is 1.12 bits per heavy atom. The number of rotatable bonds is 10. The molecule has 8 nitrogen and oxygen atoms in total. The van der Waals surface area contributed by atoms with Crippen LogP contribution in [0.5, 0.6) is 0 Å². The Balaban J connectivity index is 2.05. The number of nitrogens with one attached hydrogen (secondary N) is 4. The number of halogens is 3. The van der Waals surface area contributed by atoms with Gasteiger partial charge in [0.15, 0.2) is 0 Å². The molecule has 2 aliphatic rings. The maximum Gasteiger partial charge on any atom is 0.401 e. The highest BCUT2D eigenvalue weighted by Crippen LogP contribution is 2.34. The summed E-state index contributed by atoms with van der Waals surface area (Å²) in [5.74, 6) is -1.56. The van der Waals surface area contributed by atoms with E-state index < -0.39 is 48.1 Å². The van der Waals surface area contributed by atoms with Gasteiger partial charge < -0.3 is 16.0 Å². The third-order valence-electron chi connectivity index (χ3n) is 5.93. The number of amides is 3. The summed E-state index contributed by atoms with van der Waals surface area (Å²) in [7, 11) is 0. The molecule has 186 valence electrons. The number of nitriles is 1. The molecule has 3 amide bonds. The molecule has 33 heavy (non-hydrogen) atoms. The van der Waals surface area contributed by atoms with Crippen molar-refractivity contribution in [1.82, 2.24) is 21.3 Å². The third-order valence-corrected chi connectivity index (χ3v) is 5.93. The molecule has 1 saturated carbocycles. The summed E-state index contributed by atoms with van der Waals surface area (Å²) in [5.41, 5.74) is -0.834. The number of piperidine rings is 1. The summed E-state index contributed by atoms with van der Waals surface area (Å²) in [6, 6.07) is -1.06. The molecule has 11 heteroatoms. The van der Waals surface area contributed by atoms with Crippen molar-refractivity contribution < 1.29 is 27.6 Å². The molecule has 1 heterocycles. The van der Waals surface area contributed by atoms with Gasteiger partial charge in [-0.25, -0.2) is 0 Å². The Morgan fingerprint density at radius 2 is 1.79 bits per heavy atom. The van der Waals surface area contributed by atoms with Gasteiger partial charge in [0.2, 0.25) is 17.7 Å². The van der Waals surface area contributed by atoms with Crippen molar-refractivity contribution in [3.8, 4) is 6.07 Å². The van der Waals surface area contributed by atoms with Crippen molar-refractivity contribution in [2.45, 2.75) is 83.6 Å². The van der Waals surface area contributed by atoms with E-state index in [2.05, 4.69) is 21.3 Å². The number of alkyl halides is 3. The fourth-order valence-electron chi connectivity index (χ4n) is 3.94. The van der Waals surface area contributed by atoms with Crippen LogP contribution >= 0.6 is 0 Å². The zero-order chi connectivity index (χ0) is 24.8. The van der Waals surface area contributed by atoms with Crippen LogP contribution in [0.2, 0.25) is 0 Å². The average molecular weight is 474 g/mol. The highest BCUT2D eigenvalue weighted by Gasteiger charge is 2.39. The first-order valence-corrected chi connectivity index (χ1v) is 11.4. The van der Waals surface area contributed by atoms with Crippen molar-refractivity contribution >= 4 is 17.7 Å². The fraction of sp³-hybridized carbons (Fsp3) is 0.818. The average Bonchev–Trinajstić information content (AvgIpc) is 3.50. The van der Waals surface area contributed by atoms with Gasteiger partial charge in [-0.1, -0.05) is 33.6 Å². The summed E-state index contributed by atoms with van der Waals surface area (Å²) >= 11 is 0. The Bertz CT molecular complexity index is 756. The van der Waals surface area contributed by atoms with E-state index >= 15 is 0 Å². The molecule has 0 aromatic rings. The summed E-state index contributed by atoms with van der Waals surface area (Å²) < 4.78 is 38.2. The smallest absolute Gasteiger partial charge is 0.356 e. The van der Waals surface area contributed by atoms with Crippen LogP contribution in [0.3, 0.4) is 0 Å². The van der Waals surface area contributed by atoms with Crippen molar-refractivity contribution in [2.24, 2.45) is 17.3 Å². The van der Waals surface area contributed by atoms with E-state index in [-0.39, 0.29) is 24.2 Å². The van der Waals surface area contributed by atoms with E-state index in [1.54, 1.807) is 20.8 Å². The van der Waals surface area contributed by atoms with Gasteiger partial charge >= 0.3 is 6.18 Å². The van der Waals surface area contributed by atoms with Gasteiger partial charge in [-0.3, -0.25) is 19.7 Å². The maximum absolute atomic E-state index is 12.9. The zero-order valence-corrected chi connectivity index (χ0v) is 19.3. The lowest BCUT2D eigenvalue weighted by Gasteiger charge is -2.32. The van der Waals surface area contributed by atoms with Crippen molar-refractivity contribution in [2.75, 3.05) is 13.1 Å². The molecule has 1 saturated heterocycles. The fourth-order valence-corrected chi connectivity index (χ4v) is 3.94. The quantitative estimate of drug-likeness (QED) is 0.385. The molecule has 0 radical (unpaired) electrons. The second-order valence-electron chi connectivity index (χ2n) is 10.1. The van der Waals surface area contributed by atoms with Crippen LogP contribution in [0.25, 0.3) is 0 Å². The van der Waals surface area contributed by atoms with Crippen molar-refractivity contribution in [1.29, 1.82) is 5.26 Å². The van der Waals surface area contributed by atoms with Crippen LogP contribution in [-0.4, -0.2) is 55.1 Å². The molecule has 0 aromatic carbocycles. The highest BCUT2D eigenvalue weighted by atomic mass is 19.4. The molecular weight excluding hydrogens is 439 g/mol. The van der Waals surface area contributed by atoms with E-state index in [1.165, 1.54) is 0 Å². The van der Waals surface area contributed by atoms with Gasteiger partial charge in [0.05, 0.1) is 18.7 Å². The molecule has 2 fully saturated rings. The number of hydrogen-bond acceptors (Lipinski definition) is 5. The second-order valence-corrected chi connectivity index (χ2v) is 10.1. The van der Waals surface area contributed by atoms with Gasteiger partial charge in [0.25, 0.3) is 0 Å². The molecule has 4 N–H and O–H groups in total. The first-order valence-electron chi connectivity index (χ1n) is 11.4. The largest absolute Gasteiger partial charge is 0.401 e. The van der Waals surface area contributed by atoms with Crippen LogP contribution in [-0.2, 0) is 14.4 Å². The zero-order valence-electron chi connectivity index (χ0n) is 19.3. The van der Waals surface area contributed by atoms with Crippen LogP contribution in [0.4, 0.5) is 13.2 Å². The van der Waals surface area contributed by atoms with Gasteiger partial charge in [0.1, 0.15) is 12.1 Å². The highest BCUT2D eigenvalue weighted by molar-refractivity contribution is 5.90. The van der Waals surface area contributed by atoms with Gasteiger partial charge in [0, 0.05) is 12.5 Å². The first-order chi connectivity index (χ1) is 15.3. The Kier molecular flexibility index (Phi) is 9.12. The molecule has 0 bridgehead atoms. The van der Waals surface area contributed by atoms with Crippen LogP contribution in [0, 0.1) is 28.6 Å². The van der Waals surface area contributed by atoms with E-state index in [4.69, 9.17) is 0 Å². The monoisotopic (exact) mass is 473 g/mol. The Morgan fingerprint density at radius 3 is 2.30 bits per heavy atom. The third kappa shape index (κ3) is 9.20. The topological polar surface area (TPSA) is 123 Å². The minimum Gasteiger partial charge on any atom is -0.356 e. The standard InChI is InChI=1S/C22H34F3N5O3/c1-21(2,3)17(28-12-22(23,24)25)20(33)30-16(9-13-6-7-13)19(32)29-15(11-26)10-14-5-4-8-27-18(14)31/h13-17,28H,4-10,12H2,1-3H3,(H,27,31)(H,29,32)(H,30,33)/t14-,15-,16-,17+/m0/s1. The normalized spacial score (nSPS) is 21.8. The Labute approximate surface area is 192 Å². The van der Waals surface area contributed by atoms with Crippen LogP contribution < -0.4 is 21.3 Å². The van der Waals surface area contributed by atoms with E-state index in [1.807, 2.05) is 6.07 Å². The molecule has 4 atom stereocenters. The number of nitrogens with zero attached hydrogens (tertiary/aromatic N) is 1. The Hall–Kier alpha value is -2.35. The number of carbonyl (C=O) groups is 3. The minimum atomic E-state index is -4.49. The molecule has 0 aromatic heterocycles. The summed E-state index contributed by atoms with van der Waals surface area (Å²) in [5, 5.41) is 19.7. The predicted molar refractivity (Wildman–Crippen MR) is 114 cm³/mol. The van der Waals surface area contributed by atoms with Crippen LogP contribution in [0.15, 0.2) is 0 Å². The van der Waals surface area contributed by atoms with Crippen molar-refractivity contribution in [3.05, 3.63) is 0 Å². The first kappa shape index (κ1) is 26.9. The van der Waals surface area contributed by atoms with Gasteiger partial charge in [-0.05, 0) is 37.0 Å². The summed E-state index contributed by atoms with van der Waals surface area (Å²) in [6.45, 7) is 4.17. The molecule has 2 rings (SSSR count). The predicted octanol–water partition coefficient (Wildman–Crippen LogP) is 1.76. The summed E-state index contributed by atoms with van der Waals surface area (Å²) in [6.07, 6.45) is -0.759. The molecule has 0 unspecified atom stereocenters. The van der Waals surface area contributed by atoms with Crippen LogP contribution in [0.1, 0.15) is 59.3 Å². The lowest BCUT2D eigenvalue weighted by molar-refractivity contribution is -0.137. The lowest BCUT2D eigenvalue weighted by atomic mass is 9.85. The number of hydrogen-bond donors (Lipinski definition) is 4. The van der Waals surface area contributed by atoms with E-state index in [9.17, 15) is 32.8 Å². The molecule has 1 aliphatic carbocycles.